The minimum absolute atomic E-state index is 0.00941. The third kappa shape index (κ3) is 2.84. The number of amides is 1. The van der Waals surface area contributed by atoms with Gasteiger partial charge in [0.05, 0.1) is 23.1 Å². The smallest absolute Gasteiger partial charge is 0.276 e. The second-order valence-electron chi connectivity index (χ2n) is 5.65. The van der Waals surface area contributed by atoms with Gasteiger partial charge in [-0.3, -0.25) is 19.9 Å². The molecule has 0 aliphatic heterocycles. The predicted molar refractivity (Wildman–Crippen MR) is 95.9 cm³/mol. The fourth-order valence-corrected chi connectivity index (χ4v) is 2.63. The first-order chi connectivity index (χ1) is 12.6. The third-order valence-corrected chi connectivity index (χ3v) is 3.89. The highest BCUT2D eigenvalue weighted by Crippen LogP contribution is 2.26. The molecule has 0 unspecified atom stereocenters. The summed E-state index contributed by atoms with van der Waals surface area (Å²) >= 11 is 0. The quantitative estimate of drug-likeness (QED) is 0.527. The molecule has 4 rings (SSSR count). The Balaban J connectivity index is 1.73. The number of fused-ring (bicyclic) bond motifs is 1. The molecule has 1 aromatic carbocycles. The number of nitrogens with zero attached hydrogens (tertiary/aromatic N) is 3. The van der Waals surface area contributed by atoms with Crippen molar-refractivity contribution in [2.75, 3.05) is 11.1 Å². The number of aromatic amines is 1. The van der Waals surface area contributed by atoms with Crippen LogP contribution in [-0.4, -0.2) is 26.1 Å². The molecule has 0 aliphatic carbocycles. The summed E-state index contributed by atoms with van der Waals surface area (Å²) < 4.78 is 13.7. The van der Waals surface area contributed by atoms with Crippen molar-refractivity contribution in [3.63, 3.8) is 0 Å². The Morgan fingerprint density at radius 1 is 1.08 bits per heavy atom. The van der Waals surface area contributed by atoms with Crippen LogP contribution in [-0.2, 0) is 0 Å². The van der Waals surface area contributed by atoms with Gasteiger partial charge >= 0.3 is 0 Å². The van der Waals surface area contributed by atoms with Crippen LogP contribution in [0.5, 0.6) is 0 Å². The molecule has 0 spiro atoms. The number of nitrogens with one attached hydrogen (secondary N) is 2. The summed E-state index contributed by atoms with van der Waals surface area (Å²) in [6.45, 7) is 0. The van der Waals surface area contributed by atoms with Gasteiger partial charge in [0.15, 0.2) is 5.69 Å². The standard InChI is InChI=1S/C18H13FN6O/c19-14-3-4-21-9-16(14)23-18(26)17-13-6-10(1-2-15(13)24-25-17)11-5-12(20)8-22-7-11/h1-9H,20H2,(H,23,26)(H,24,25). The molecular formula is C18H13FN6O. The summed E-state index contributed by atoms with van der Waals surface area (Å²) in [4.78, 5) is 20.4. The Morgan fingerprint density at radius 2 is 1.96 bits per heavy atom. The zero-order chi connectivity index (χ0) is 18.1. The lowest BCUT2D eigenvalue weighted by atomic mass is 10.0. The average Bonchev–Trinajstić information content (AvgIpc) is 3.07. The third-order valence-electron chi connectivity index (χ3n) is 3.89. The van der Waals surface area contributed by atoms with Crippen LogP contribution >= 0.6 is 0 Å². The van der Waals surface area contributed by atoms with Gasteiger partial charge in [-0.25, -0.2) is 4.39 Å². The van der Waals surface area contributed by atoms with Crippen LogP contribution in [0.15, 0.2) is 55.1 Å². The first kappa shape index (κ1) is 15.7. The number of anilines is 2. The van der Waals surface area contributed by atoms with E-state index in [-0.39, 0.29) is 11.4 Å². The van der Waals surface area contributed by atoms with Crippen LogP contribution in [0.1, 0.15) is 10.5 Å². The average molecular weight is 348 g/mol. The highest BCUT2D eigenvalue weighted by Gasteiger charge is 2.16. The molecule has 0 saturated heterocycles. The summed E-state index contributed by atoms with van der Waals surface area (Å²) in [6, 6.07) is 8.45. The molecule has 128 valence electrons. The van der Waals surface area contributed by atoms with Crippen molar-refractivity contribution in [2.24, 2.45) is 0 Å². The zero-order valence-corrected chi connectivity index (χ0v) is 13.4. The van der Waals surface area contributed by atoms with Crippen molar-refractivity contribution in [2.45, 2.75) is 0 Å². The number of aromatic nitrogens is 4. The fraction of sp³-hybridized carbons (Fsp3) is 0. The fourth-order valence-electron chi connectivity index (χ4n) is 2.63. The number of nitrogens with two attached hydrogens (primary N) is 1. The minimum atomic E-state index is -0.570. The number of benzene rings is 1. The van der Waals surface area contributed by atoms with Crippen LogP contribution in [0.3, 0.4) is 0 Å². The van der Waals surface area contributed by atoms with Gasteiger partial charge in [0.2, 0.25) is 0 Å². The summed E-state index contributed by atoms with van der Waals surface area (Å²) in [5.74, 6) is -1.11. The van der Waals surface area contributed by atoms with Gasteiger partial charge in [0.25, 0.3) is 5.91 Å². The van der Waals surface area contributed by atoms with Gasteiger partial charge in [-0.05, 0) is 29.8 Å². The second-order valence-corrected chi connectivity index (χ2v) is 5.65. The van der Waals surface area contributed by atoms with Crippen molar-refractivity contribution in [1.82, 2.24) is 20.2 Å². The Morgan fingerprint density at radius 3 is 2.77 bits per heavy atom. The van der Waals surface area contributed by atoms with E-state index >= 15 is 0 Å². The number of pyridine rings is 2. The first-order valence-corrected chi connectivity index (χ1v) is 7.72. The van der Waals surface area contributed by atoms with Gasteiger partial charge < -0.3 is 11.1 Å². The highest BCUT2D eigenvalue weighted by atomic mass is 19.1. The number of nitrogen functional groups attached to an aromatic ring is 1. The lowest BCUT2D eigenvalue weighted by Gasteiger charge is -2.05. The van der Waals surface area contributed by atoms with Crippen LogP contribution in [0.4, 0.5) is 15.8 Å². The van der Waals surface area contributed by atoms with Crippen molar-refractivity contribution in [1.29, 1.82) is 0 Å². The van der Waals surface area contributed by atoms with E-state index in [0.29, 0.717) is 16.6 Å². The molecule has 0 atom stereocenters. The maximum absolute atomic E-state index is 13.7. The predicted octanol–water partition coefficient (Wildman–Crippen LogP) is 2.99. The van der Waals surface area contributed by atoms with Crippen molar-refractivity contribution >= 4 is 28.2 Å². The number of hydrogen-bond donors (Lipinski definition) is 3. The molecule has 0 fully saturated rings. The van der Waals surface area contributed by atoms with E-state index in [1.54, 1.807) is 18.5 Å². The molecule has 4 aromatic rings. The number of carbonyl (C=O) groups is 1. The van der Waals surface area contributed by atoms with Crippen molar-refractivity contribution in [3.8, 4) is 11.1 Å². The first-order valence-electron chi connectivity index (χ1n) is 7.72. The molecule has 4 N–H and O–H groups in total. The summed E-state index contributed by atoms with van der Waals surface area (Å²) in [7, 11) is 0. The minimum Gasteiger partial charge on any atom is -0.397 e. The molecule has 1 amide bonds. The second kappa shape index (κ2) is 6.25. The van der Waals surface area contributed by atoms with Crippen LogP contribution in [0.2, 0.25) is 0 Å². The molecule has 26 heavy (non-hydrogen) atoms. The molecule has 0 aliphatic rings. The van der Waals surface area contributed by atoms with E-state index in [1.807, 2.05) is 18.2 Å². The van der Waals surface area contributed by atoms with Gasteiger partial charge in [0.1, 0.15) is 5.82 Å². The van der Waals surface area contributed by atoms with E-state index in [1.165, 1.54) is 18.5 Å². The van der Waals surface area contributed by atoms with Crippen molar-refractivity contribution < 1.29 is 9.18 Å². The summed E-state index contributed by atoms with van der Waals surface area (Å²) in [6.07, 6.45) is 5.79. The summed E-state index contributed by atoms with van der Waals surface area (Å²) in [5.41, 5.74) is 8.80. The van der Waals surface area contributed by atoms with Crippen molar-refractivity contribution in [3.05, 3.63) is 66.6 Å². The molecule has 3 aromatic heterocycles. The largest absolute Gasteiger partial charge is 0.397 e. The Kier molecular flexibility index (Phi) is 3.77. The lowest BCUT2D eigenvalue weighted by molar-refractivity contribution is 0.102. The van der Waals surface area contributed by atoms with E-state index in [4.69, 9.17) is 5.73 Å². The molecule has 0 radical (unpaired) electrons. The number of halogens is 1. The Bertz CT molecular complexity index is 1120. The molecule has 0 bridgehead atoms. The highest BCUT2D eigenvalue weighted by molar-refractivity contribution is 6.11. The van der Waals surface area contributed by atoms with E-state index in [0.717, 1.165) is 11.1 Å². The maximum Gasteiger partial charge on any atom is 0.276 e. The topological polar surface area (TPSA) is 110 Å². The summed E-state index contributed by atoms with van der Waals surface area (Å²) in [5, 5.41) is 9.94. The molecule has 0 saturated carbocycles. The molecule has 8 heteroatoms. The van der Waals surface area contributed by atoms with Gasteiger partial charge in [-0.15, -0.1) is 0 Å². The Hall–Kier alpha value is -3.81. The van der Waals surface area contributed by atoms with Crippen LogP contribution in [0, 0.1) is 5.82 Å². The Labute approximate surface area is 147 Å². The maximum atomic E-state index is 13.7. The number of carbonyl (C=O) groups excluding carboxylic acids is 1. The number of rotatable bonds is 3. The van der Waals surface area contributed by atoms with Crippen LogP contribution in [0.25, 0.3) is 22.0 Å². The molecule has 3 heterocycles. The van der Waals surface area contributed by atoms with Gasteiger partial charge in [0, 0.05) is 29.5 Å². The number of H-pyrrole nitrogens is 1. The van der Waals surface area contributed by atoms with Gasteiger partial charge in [-0.1, -0.05) is 6.07 Å². The van der Waals surface area contributed by atoms with Gasteiger partial charge in [-0.2, -0.15) is 5.10 Å². The molecular weight excluding hydrogens is 335 g/mol. The van der Waals surface area contributed by atoms with E-state index in [2.05, 4.69) is 25.5 Å². The number of hydrogen-bond acceptors (Lipinski definition) is 5. The van der Waals surface area contributed by atoms with E-state index < -0.39 is 11.7 Å². The monoisotopic (exact) mass is 348 g/mol. The zero-order valence-electron chi connectivity index (χ0n) is 13.4. The van der Waals surface area contributed by atoms with Crippen LogP contribution < -0.4 is 11.1 Å². The molecule has 7 nitrogen and oxygen atoms in total. The lowest BCUT2D eigenvalue weighted by Crippen LogP contribution is -2.14. The van der Waals surface area contributed by atoms with E-state index in [9.17, 15) is 9.18 Å². The normalized spacial score (nSPS) is 10.8. The SMILES string of the molecule is Nc1cncc(-c2ccc3[nH]nc(C(=O)Nc4cnccc4F)c3c2)c1.